The molecule has 2 fully saturated rings. The van der Waals surface area contributed by atoms with Gasteiger partial charge >= 0.3 is 0 Å². The fourth-order valence-corrected chi connectivity index (χ4v) is 6.06. The zero-order chi connectivity index (χ0) is 9.97. The maximum atomic E-state index is 5.71. The number of thioether (sulfide) groups is 3. The van der Waals surface area contributed by atoms with E-state index in [1.54, 1.807) is 0 Å². The van der Waals surface area contributed by atoms with Crippen molar-refractivity contribution in [1.29, 1.82) is 0 Å². The molecule has 82 valence electrons. The van der Waals surface area contributed by atoms with E-state index in [4.69, 9.17) is 4.74 Å². The van der Waals surface area contributed by atoms with Gasteiger partial charge in [0, 0.05) is 11.7 Å². The molecule has 0 aromatic carbocycles. The molecule has 2 atom stereocenters. The minimum Gasteiger partial charge on any atom is -0.368 e. The highest BCUT2D eigenvalue weighted by Gasteiger charge is 2.30. The molecule has 0 spiro atoms. The van der Waals surface area contributed by atoms with Crippen LogP contribution in [0.2, 0.25) is 0 Å². The van der Waals surface area contributed by atoms with Crippen LogP contribution in [0, 0.1) is 11.8 Å². The zero-order valence-electron chi connectivity index (χ0n) is 8.77. The Morgan fingerprint density at radius 1 is 1.00 bits per heavy atom. The van der Waals surface area contributed by atoms with Crippen molar-refractivity contribution in [2.24, 2.45) is 11.8 Å². The van der Waals surface area contributed by atoms with Crippen LogP contribution in [0.25, 0.3) is 0 Å². The lowest BCUT2D eigenvalue weighted by Gasteiger charge is -2.35. The summed E-state index contributed by atoms with van der Waals surface area (Å²) in [4.78, 5) is 0. The van der Waals surface area contributed by atoms with Crippen molar-refractivity contribution < 1.29 is 4.74 Å². The largest absolute Gasteiger partial charge is 0.368 e. The highest BCUT2D eigenvalue weighted by molar-refractivity contribution is 8.17. The summed E-state index contributed by atoms with van der Waals surface area (Å²) < 4.78 is 6.50. The maximum Gasteiger partial charge on any atom is 0.0999 e. The molecule has 0 aliphatic carbocycles. The van der Waals surface area contributed by atoms with E-state index in [0.717, 1.165) is 23.0 Å². The van der Waals surface area contributed by atoms with Gasteiger partial charge in [0.25, 0.3) is 0 Å². The van der Waals surface area contributed by atoms with Crippen LogP contribution in [0.1, 0.15) is 13.8 Å². The highest BCUT2D eigenvalue weighted by Crippen LogP contribution is 2.41. The smallest absolute Gasteiger partial charge is 0.0999 e. The molecule has 0 radical (unpaired) electrons. The molecule has 2 aliphatic heterocycles. The van der Waals surface area contributed by atoms with Gasteiger partial charge in [-0.15, -0.1) is 35.3 Å². The van der Waals surface area contributed by atoms with Gasteiger partial charge < -0.3 is 4.74 Å². The Bertz CT molecular complexity index is 152. The standard InChI is InChI=1S/C10H18OS3/c1-7-4-13-10(14-5-7)9-3-11-8(2)12-6-9/h7-10H,3-6H2,1-2H3. The Hall–Kier alpha value is 1.01. The summed E-state index contributed by atoms with van der Waals surface area (Å²) in [5.74, 6) is 5.65. The van der Waals surface area contributed by atoms with Crippen LogP contribution < -0.4 is 0 Å². The quantitative estimate of drug-likeness (QED) is 0.706. The predicted octanol–water partition coefficient (Wildman–Crippen LogP) is 3.15. The molecule has 2 heterocycles. The molecule has 2 aliphatic rings. The van der Waals surface area contributed by atoms with Crippen molar-refractivity contribution in [2.75, 3.05) is 23.9 Å². The summed E-state index contributed by atoms with van der Waals surface area (Å²) in [6.45, 7) is 5.49. The van der Waals surface area contributed by atoms with Crippen LogP contribution >= 0.6 is 35.3 Å². The van der Waals surface area contributed by atoms with E-state index in [9.17, 15) is 0 Å². The Labute approximate surface area is 99.5 Å². The topological polar surface area (TPSA) is 9.23 Å². The van der Waals surface area contributed by atoms with Gasteiger partial charge in [-0.05, 0) is 24.3 Å². The molecule has 1 nitrogen and oxygen atoms in total. The molecule has 2 unspecified atom stereocenters. The Kier molecular flexibility index (Phi) is 4.41. The second-order valence-electron chi connectivity index (χ2n) is 4.13. The molecule has 14 heavy (non-hydrogen) atoms. The molecule has 2 saturated heterocycles. The van der Waals surface area contributed by atoms with E-state index in [1.807, 2.05) is 11.8 Å². The van der Waals surface area contributed by atoms with Gasteiger partial charge in [-0.3, -0.25) is 0 Å². The van der Waals surface area contributed by atoms with Crippen molar-refractivity contribution in [3.63, 3.8) is 0 Å². The van der Waals surface area contributed by atoms with Crippen molar-refractivity contribution in [1.82, 2.24) is 0 Å². The first-order valence-corrected chi connectivity index (χ1v) is 8.36. The van der Waals surface area contributed by atoms with Crippen LogP contribution in [0.3, 0.4) is 0 Å². The van der Waals surface area contributed by atoms with Crippen LogP contribution in [-0.2, 0) is 4.74 Å². The van der Waals surface area contributed by atoms with Gasteiger partial charge in [0.15, 0.2) is 0 Å². The fraction of sp³-hybridized carbons (Fsp3) is 1.00. The van der Waals surface area contributed by atoms with Crippen molar-refractivity contribution in [2.45, 2.75) is 23.9 Å². The molecule has 0 amide bonds. The summed E-state index contributed by atoms with van der Waals surface area (Å²) >= 11 is 6.27. The van der Waals surface area contributed by atoms with Crippen molar-refractivity contribution >= 4 is 35.3 Å². The number of hydrogen-bond donors (Lipinski definition) is 0. The third kappa shape index (κ3) is 3.00. The summed E-state index contributed by atoms with van der Waals surface area (Å²) in [7, 11) is 0. The Morgan fingerprint density at radius 3 is 2.29 bits per heavy atom. The van der Waals surface area contributed by atoms with E-state index in [1.165, 1.54) is 17.3 Å². The molecule has 4 heteroatoms. The first-order valence-electron chi connectivity index (χ1n) is 5.22. The van der Waals surface area contributed by atoms with Crippen molar-refractivity contribution in [3.05, 3.63) is 0 Å². The second kappa shape index (κ2) is 5.37. The normalized spacial score (nSPS) is 45.0. The van der Waals surface area contributed by atoms with Gasteiger partial charge in [0.05, 0.1) is 16.6 Å². The molecular weight excluding hydrogens is 232 g/mol. The number of hydrogen-bond acceptors (Lipinski definition) is 4. The highest BCUT2D eigenvalue weighted by atomic mass is 32.2. The molecular formula is C10H18OS3. The number of ether oxygens (including phenoxy) is 1. The second-order valence-corrected chi connectivity index (χ2v) is 8.11. The lowest BCUT2D eigenvalue weighted by molar-refractivity contribution is 0.0907. The third-order valence-corrected chi connectivity index (χ3v) is 7.56. The van der Waals surface area contributed by atoms with Crippen LogP contribution in [-0.4, -0.2) is 33.9 Å². The Morgan fingerprint density at radius 2 is 1.71 bits per heavy atom. The minimum atomic E-state index is 0.420. The average Bonchev–Trinajstić information content (AvgIpc) is 2.21. The minimum absolute atomic E-state index is 0.420. The lowest BCUT2D eigenvalue weighted by atomic mass is 10.2. The maximum absolute atomic E-state index is 5.71. The fourth-order valence-electron chi connectivity index (χ4n) is 1.66. The van der Waals surface area contributed by atoms with E-state index in [2.05, 4.69) is 37.4 Å². The summed E-state index contributed by atoms with van der Waals surface area (Å²) in [6, 6.07) is 0. The Balaban J connectivity index is 1.78. The first kappa shape index (κ1) is 11.5. The van der Waals surface area contributed by atoms with Crippen LogP contribution in [0.4, 0.5) is 0 Å². The molecule has 0 bridgehead atoms. The molecule has 0 aromatic rings. The van der Waals surface area contributed by atoms with Gasteiger partial charge in [-0.1, -0.05) is 6.92 Å². The molecule has 2 rings (SSSR count). The van der Waals surface area contributed by atoms with Crippen LogP contribution in [0.5, 0.6) is 0 Å². The molecule has 0 saturated carbocycles. The van der Waals surface area contributed by atoms with Gasteiger partial charge in [0.1, 0.15) is 0 Å². The molecule has 0 N–H and O–H groups in total. The van der Waals surface area contributed by atoms with E-state index in [-0.39, 0.29) is 0 Å². The van der Waals surface area contributed by atoms with E-state index < -0.39 is 0 Å². The average molecular weight is 250 g/mol. The summed E-state index contributed by atoms with van der Waals surface area (Å²) in [5.41, 5.74) is 0.420. The van der Waals surface area contributed by atoms with Crippen molar-refractivity contribution in [3.8, 4) is 0 Å². The summed E-state index contributed by atoms with van der Waals surface area (Å²) in [5, 5.41) is 0. The molecule has 0 aromatic heterocycles. The zero-order valence-corrected chi connectivity index (χ0v) is 11.2. The third-order valence-electron chi connectivity index (χ3n) is 2.56. The number of rotatable bonds is 1. The first-order chi connectivity index (χ1) is 6.75. The lowest BCUT2D eigenvalue weighted by Crippen LogP contribution is -2.32. The van der Waals surface area contributed by atoms with Gasteiger partial charge in [-0.2, -0.15) is 0 Å². The van der Waals surface area contributed by atoms with Gasteiger partial charge in [-0.25, -0.2) is 0 Å². The predicted molar refractivity (Wildman–Crippen MR) is 69.2 cm³/mol. The van der Waals surface area contributed by atoms with Gasteiger partial charge in [0.2, 0.25) is 0 Å². The van der Waals surface area contributed by atoms with E-state index in [0.29, 0.717) is 5.44 Å². The van der Waals surface area contributed by atoms with E-state index >= 15 is 0 Å². The summed E-state index contributed by atoms with van der Waals surface area (Å²) in [6.07, 6.45) is 0. The van der Waals surface area contributed by atoms with Crippen LogP contribution in [0.15, 0.2) is 0 Å². The monoisotopic (exact) mass is 250 g/mol. The SMILES string of the molecule is CC1CSC(C2COC(C)SC2)SC1.